The average Bonchev–Trinajstić information content (AvgIpc) is 2.91. The lowest BCUT2D eigenvalue weighted by atomic mass is 9.63. The number of hydrogen-bond donors (Lipinski definition) is 0. The fourth-order valence-electron chi connectivity index (χ4n) is 6.73. The molecule has 8 heteroatoms. The van der Waals surface area contributed by atoms with Crippen molar-refractivity contribution < 1.29 is 23.8 Å². The third-order valence-electron chi connectivity index (χ3n) is 8.50. The molecule has 2 aromatic rings. The van der Waals surface area contributed by atoms with E-state index in [9.17, 15) is 9.59 Å². The third kappa shape index (κ3) is 6.69. The number of Topliss-reactive ketones (excluding diaryl/α,β-unsaturated/α-hetero) is 2. The molecule has 1 aliphatic heterocycles. The van der Waals surface area contributed by atoms with Crippen molar-refractivity contribution in [3.05, 3.63) is 78.7 Å². The fourth-order valence-corrected chi connectivity index (χ4v) is 7.63. The lowest BCUT2D eigenvalue weighted by Crippen LogP contribution is -2.45. The summed E-state index contributed by atoms with van der Waals surface area (Å²) in [5.41, 5.74) is 5.08. The summed E-state index contributed by atoms with van der Waals surface area (Å²) >= 11 is 8.35. The summed E-state index contributed by atoms with van der Waals surface area (Å²) in [6.07, 6.45) is 2.41. The van der Waals surface area contributed by atoms with Gasteiger partial charge in [-0.25, -0.2) is 0 Å². The van der Waals surface area contributed by atoms with E-state index in [0.717, 1.165) is 50.1 Å². The quantitative estimate of drug-likeness (QED) is 0.244. The van der Waals surface area contributed by atoms with Gasteiger partial charge >= 0.3 is 0 Å². The minimum Gasteiger partial charge on any atom is -0.490 e. The molecule has 0 unspecified atom stereocenters. The predicted octanol–water partition coefficient (Wildman–Crippen LogP) is 8.25. The van der Waals surface area contributed by atoms with E-state index in [1.807, 2.05) is 37.3 Å². The Morgan fingerprint density at radius 1 is 0.907 bits per heavy atom. The number of hydrogen-bond acceptors (Lipinski definition) is 6. The molecule has 2 aliphatic carbocycles. The van der Waals surface area contributed by atoms with Gasteiger partial charge in [0.15, 0.2) is 23.1 Å². The van der Waals surface area contributed by atoms with Crippen LogP contribution in [0.25, 0.3) is 0 Å². The van der Waals surface area contributed by atoms with E-state index in [2.05, 4.69) is 61.3 Å². The van der Waals surface area contributed by atoms with E-state index in [1.165, 1.54) is 0 Å². The molecule has 1 heterocycles. The standard InChI is InChI=1S/C35H41ClINO5/c1-7-42-29-15-22(14-24(37)33(29)43-20-21-8-10-23(36)11-9-21)30-31-25(16-34(2,3)18-27(31)39)38(12-13-41-6)26-17-35(4,5)19-28(40)32(26)30/h8-11,14-15,30H,7,12-13,16-20H2,1-6H3. The van der Waals surface area contributed by atoms with E-state index in [0.29, 0.717) is 55.7 Å². The molecule has 0 saturated carbocycles. The van der Waals surface area contributed by atoms with Crippen molar-refractivity contribution in [2.24, 2.45) is 10.8 Å². The molecular weight excluding hydrogens is 677 g/mol. The van der Waals surface area contributed by atoms with Gasteiger partial charge in [-0.05, 0) is 88.6 Å². The first-order valence-electron chi connectivity index (χ1n) is 15.0. The zero-order chi connectivity index (χ0) is 31.1. The van der Waals surface area contributed by atoms with Gasteiger partial charge in [0.05, 0.1) is 16.8 Å². The molecule has 3 aliphatic rings. The number of benzene rings is 2. The molecule has 0 radical (unpaired) electrons. The first-order valence-corrected chi connectivity index (χ1v) is 16.4. The van der Waals surface area contributed by atoms with Crippen LogP contribution >= 0.6 is 34.2 Å². The number of ketones is 2. The van der Waals surface area contributed by atoms with E-state index in [1.54, 1.807) is 7.11 Å². The molecule has 0 spiro atoms. The molecule has 6 nitrogen and oxygen atoms in total. The van der Waals surface area contributed by atoms with Gasteiger partial charge in [-0.2, -0.15) is 0 Å². The second-order valence-corrected chi connectivity index (χ2v) is 15.0. The number of halogens is 2. The summed E-state index contributed by atoms with van der Waals surface area (Å²) in [4.78, 5) is 30.4. The summed E-state index contributed by atoms with van der Waals surface area (Å²) in [6, 6.07) is 11.6. The maximum atomic E-state index is 14.1. The molecule has 0 bridgehead atoms. The zero-order valence-electron chi connectivity index (χ0n) is 25.9. The molecular formula is C35H41ClINO5. The van der Waals surface area contributed by atoms with Crippen LogP contribution < -0.4 is 9.47 Å². The van der Waals surface area contributed by atoms with Crippen LogP contribution in [0.2, 0.25) is 5.02 Å². The molecule has 0 fully saturated rings. The number of carbonyl (C=O) groups is 2. The molecule has 2 aromatic carbocycles. The first-order chi connectivity index (χ1) is 20.3. The predicted molar refractivity (Wildman–Crippen MR) is 178 cm³/mol. The number of carbonyl (C=O) groups excluding carboxylic acids is 2. The van der Waals surface area contributed by atoms with Gasteiger partial charge < -0.3 is 19.1 Å². The number of methoxy groups -OCH3 is 1. The Balaban J connectivity index is 1.66. The number of rotatable bonds is 9. The van der Waals surface area contributed by atoms with Crippen molar-refractivity contribution in [1.29, 1.82) is 0 Å². The molecule has 5 rings (SSSR count). The molecule has 0 aromatic heterocycles. The highest BCUT2D eigenvalue weighted by Crippen LogP contribution is 2.55. The van der Waals surface area contributed by atoms with Gasteiger partial charge in [0.2, 0.25) is 0 Å². The number of ether oxygens (including phenoxy) is 3. The van der Waals surface area contributed by atoms with Crippen LogP contribution in [-0.4, -0.2) is 43.3 Å². The second kappa shape index (κ2) is 12.6. The Bertz CT molecular complexity index is 1440. The molecule has 43 heavy (non-hydrogen) atoms. The Morgan fingerprint density at radius 3 is 2.02 bits per heavy atom. The van der Waals surface area contributed by atoms with Gasteiger partial charge in [-0.15, -0.1) is 0 Å². The van der Waals surface area contributed by atoms with Crippen LogP contribution in [-0.2, 0) is 20.9 Å². The van der Waals surface area contributed by atoms with Crippen molar-refractivity contribution in [3.63, 3.8) is 0 Å². The normalized spacial score (nSPS) is 19.9. The van der Waals surface area contributed by atoms with E-state index >= 15 is 0 Å². The minimum atomic E-state index is -0.450. The van der Waals surface area contributed by atoms with Crippen molar-refractivity contribution in [2.45, 2.75) is 72.8 Å². The van der Waals surface area contributed by atoms with Crippen LogP contribution in [0.3, 0.4) is 0 Å². The van der Waals surface area contributed by atoms with Gasteiger partial charge in [0.25, 0.3) is 0 Å². The Hall–Kier alpha value is -2.36. The van der Waals surface area contributed by atoms with Crippen molar-refractivity contribution in [3.8, 4) is 11.5 Å². The first kappa shape index (κ1) is 32.0. The summed E-state index contributed by atoms with van der Waals surface area (Å²) < 4.78 is 18.8. The molecule has 230 valence electrons. The molecule has 0 atom stereocenters. The van der Waals surface area contributed by atoms with Crippen LogP contribution in [0.1, 0.15) is 77.3 Å². The van der Waals surface area contributed by atoms with Crippen LogP contribution in [0.5, 0.6) is 11.5 Å². The fraction of sp³-hybridized carbons (Fsp3) is 0.486. The number of allylic oxidation sites excluding steroid dienone is 4. The smallest absolute Gasteiger partial charge is 0.174 e. The maximum absolute atomic E-state index is 14.1. The maximum Gasteiger partial charge on any atom is 0.174 e. The topological polar surface area (TPSA) is 65.1 Å². The van der Waals surface area contributed by atoms with Crippen molar-refractivity contribution >= 4 is 45.8 Å². The van der Waals surface area contributed by atoms with Gasteiger partial charge in [0, 0.05) is 60.0 Å². The summed E-state index contributed by atoms with van der Waals surface area (Å²) in [5, 5.41) is 0.676. The third-order valence-corrected chi connectivity index (χ3v) is 9.56. The second-order valence-electron chi connectivity index (χ2n) is 13.4. The summed E-state index contributed by atoms with van der Waals surface area (Å²) in [5.74, 6) is 1.03. The van der Waals surface area contributed by atoms with Gasteiger partial charge in [-0.1, -0.05) is 51.4 Å². The largest absolute Gasteiger partial charge is 0.490 e. The van der Waals surface area contributed by atoms with Crippen LogP contribution in [0.15, 0.2) is 58.9 Å². The average molecular weight is 718 g/mol. The molecule has 0 amide bonds. The van der Waals surface area contributed by atoms with Crippen molar-refractivity contribution in [1.82, 2.24) is 4.90 Å². The minimum absolute atomic E-state index is 0.110. The Kier molecular flexibility index (Phi) is 9.36. The monoisotopic (exact) mass is 717 g/mol. The highest BCUT2D eigenvalue weighted by Gasteiger charge is 2.49. The van der Waals surface area contributed by atoms with Crippen LogP contribution in [0.4, 0.5) is 0 Å². The lowest BCUT2D eigenvalue weighted by Gasteiger charge is -2.49. The summed E-state index contributed by atoms with van der Waals surface area (Å²) in [7, 11) is 1.69. The van der Waals surface area contributed by atoms with E-state index < -0.39 is 5.92 Å². The summed E-state index contributed by atoms with van der Waals surface area (Å²) in [6.45, 7) is 12.5. The van der Waals surface area contributed by atoms with E-state index in [-0.39, 0.29) is 22.4 Å². The van der Waals surface area contributed by atoms with Gasteiger partial charge in [-0.3, -0.25) is 9.59 Å². The highest BCUT2D eigenvalue weighted by atomic mass is 127. The van der Waals surface area contributed by atoms with Crippen molar-refractivity contribution in [2.75, 3.05) is 26.9 Å². The highest BCUT2D eigenvalue weighted by molar-refractivity contribution is 14.1. The van der Waals surface area contributed by atoms with Gasteiger partial charge in [0.1, 0.15) is 6.61 Å². The number of nitrogens with zero attached hydrogens (tertiary/aromatic N) is 1. The Morgan fingerprint density at radius 2 is 1.49 bits per heavy atom. The molecule has 0 saturated heterocycles. The zero-order valence-corrected chi connectivity index (χ0v) is 28.9. The van der Waals surface area contributed by atoms with E-state index in [4.69, 9.17) is 25.8 Å². The SMILES string of the molecule is CCOc1cc(C2C3=C(CC(C)(C)CC3=O)N(CCOC)C3=C2C(=O)CC(C)(C)C3)cc(I)c1OCc1ccc(Cl)cc1. The molecule has 0 N–H and O–H groups in total. The lowest BCUT2D eigenvalue weighted by molar-refractivity contribution is -0.119. The Labute approximate surface area is 273 Å². The van der Waals surface area contributed by atoms with Crippen LogP contribution in [0, 0.1) is 14.4 Å².